The zero-order chi connectivity index (χ0) is 17.5. The van der Waals surface area contributed by atoms with Crippen molar-refractivity contribution in [1.29, 1.82) is 0 Å². The van der Waals surface area contributed by atoms with Gasteiger partial charge in [0, 0.05) is 7.05 Å². The highest BCUT2D eigenvalue weighted by Crippen LogP contribution is 2.30. The van der Waals surface area contributed by atoms with Crippen molar-refractivity contribution in [1.82, 2.24) is 24.9 Å². The van der Waals surface area contributed by atoms with E-state index in [-0.39, 0.29) is 23.6 Å². The number of nitrogens with zero attached hydrogens (tertiary/aromatic N) is 4. The molecule has 0 atom stereocenters. The van der Waals surface area contributed by atoms with Crippen molar-refractivity contribution in [3.8, 4) is 10.6 Å². The van der Waals surface area contributed by atoms with Crippen molar-refractivity contribution in [3.63, 3.8) is 0 Å². The van der Waals surface area contributed by atoms with Gasteiger partial charge >= 0.3 is 0 Å². The first-order valence-corrected chi connectivity index (χ1v) is 8.44. The lowest BCUT2D eigenvalue weighted by atomic mass is 10.1. The van der Waals surface area contributed by atoms with Gasteiger partial charge in [0.15, 0.2) is 0 Å². The van der Waals surface area contributed by atoms with Crippen LogP contribution in [0.25, 0.3) is 21.5 Å². The summed E-state index contributed by atoms with van der Waals surface area (Å²) in [5.41, 5.74) is 0.449. The van der Waals surface area contributed by atoms with E-state index in [9.17, 15) is 9.59 Å². The second-order valence-electron chi connectivity index (χ2n) is 6.45. The molecule has 8 heteroatoms. The van der Waals surface area contributed by atoms with Crippen LogP contribution in [0.3, 0.4) is 0 Å². The van der Waals surface area contributed by atoms with E-state index in [4.69, 9.17) is 0 Å². The quantitative estimate of drug-likeness (QED) is 0.785. The molecule has 0 unspecified atom stereocenters. The molecule has 0 aliphatic heterocycles. The van der Waals surface area contributed by atoms with Gasteiger partial charge in [-0.2, -0.15) is 10.2 Å². The number of hydrogen-bond donors (Lipinski definition) is 1. The Morgan fingerprint density at radius 2 is 2.12 bits per heavy atom. The van der Waals surface area contributed by atoms with Gasteiger partial charge in [-0.25, -0.2) is 4.68 Å². The molecule has 0 saturated carbocycles. The van der Waals surface area contributed by atoms with Crippen molar-refractivity contribution >= 4 is 28.1 Å². The Labute approximate surface area is 142 Å². The number of likely N-dealkylation sites (N-methyl/N-ethyl adjacent to an activating group) is 1. The summed E-state index contributed by atoms with van der Waals surface area (Å²) in [5, 5.41) is 14.0. The number of carbonyl (C=O) groups excluding carboxylic acids is 1. The first kappa shape index (κ1) is 16.4. The van der Waals surface area contributed by atoms with Crippen molar-refractivity contribution in [2.75, 3.05) is 7.05 Å². The second kappa shape index (κ2) is 5.86. The van der Waals surface area contributed by atoms with E-state index in [1.54, 1.807) is 10.9 Å². The normalized spacial score (nSPS) is 11.8. The van der Waals surface area contributed by atoms with Crippen LogP contribution in [0, 0.1) is 0 Å². The fraction of sp³-hybridized carbons (Fsp3) is 0.375. The van der Waals surface area contributed by atoms with E-state index in [0.717, 1.165) is 4.88 Å². The minimum Gasteiger partial charge on any atom is -0.358 e. The van der Waals surface area contributed by atoms with Crippen LogP contribution < -0.4 is 10.9 Å². The zero-order valence-corrected chi connectivity index (χ0v) is 14.8. The number of nitrogens with one attached hydrogen (secondary N) is 1. The second-order valence-corrected chi connectivity index (χ2v) is 7.40. The van der Waals surface area contributed by atoms with E-state index in [1.165, 1.54) is 23.1 Å². The zero-order valence-electron chi connectivity index (χ0n) is 14.0. The Morgan fingerprint density at radius 3 is 2.71 bits per heavy atom. The minimum absolute atomic E-state index is 0.126. The first-order valence-electron chi connectivity index (χ1n) is 7.56. The summed E-state index contributed by atoms with van der Waals surface area (Å²) in [6.45, 7) is 5.81. The number of hydrogen-bond acceptors (Lipinski definition) is 5. The molecule has 1 N–H and O–H groups in total. The average molecular weight is 345 g/mol. The molecule has 3 aromatic rings. The summed E-state index contributed by atoms with van der Waals surface area (Å²) < 4.78 is 2.91. The molecule has 0 saturated heterocycles. The van der Waals surface area contributed by atoms with Gasteiger partial charge in [-0.3, -0.25) is 14.3 Å². The predicted octanol–water partition coefficient (Wildman–Crippen LogP) is 1.82. The fourth-order valence-corrected chi connectivity index (χ4v) is 3.22. The third-order valence-electron chi connectivity index (χ3n) is 3.64. The Balaban J connectivity index is 2.35. The van der Waals surface area contributed by atoms with E-state index in [1.807, 2.05) is 38.3 Å². The maximum absolute atomic E-state index is 12.9. The third-order valence-corrected chi connectivity index (χ3v) is 4.52. The van der Waals surface area contributed by atoms with Gasteiger partial charge in [0.2, 0.25) is 5.91 Å². The summed E-state index contributed by atoms with van der Waals surface area (Å²) in [6, 6.07) is 3.87. The molecular weight excluding hydrogens is 326 g/mol. The highest BCUT2D eigenvalue weighted by Gasteiger charge is 2.24. The molecular formula is C16H19N5O2S. The molecule has 7 nitrogen and oxygen atoms in total. The molecule has 0 spiro atoms. The largest absolute Gasteiger partial charge is 0.358 e. The number of rotatable bonds is 3. The first-order chi connectivity index (χ1) is 11.3. The molecule has 3 heterocycles. The summed E-state index contributed by atoms with van der Waals surface area (Å²) in [6.07, 6.45) is 1.67. The summed E-state index contributed by atoms with van der Waals surface area (Å²) in [7, 11) is 1.53. The monoisotopic (exact) mass is 345 g/mol. The number of fused-ring (bicyclic) bond motifs is 1. The van der Waals surface area contributed by atoms with Gasteiger partial charge in [0.05, 0.1) is 22.0 Å². The van der Waals surface area contributed by atoms with Gasteiger partial charge < -0.3 is 5.32 Å². The maximum atomic E-state index is 12.9. The summed E-state index contributed by atoms with van der Waals surface area (Å²) in [4.78, 5) is 25.6. The Hall–Kier alpha value is -2.48. The molecule has 0 aliphatic carbocycles. The number of aromatic nitrogens is 4. The van der Waals surface area contributed by atoms with Gasteiger partial charge in [-0.05, 0) is 32.2 Å². The van der Waals surface area contributed by atoms with Crippen molar-refractivity contribution in [3.05, 3.63) is 34.1 Å². The molecule has 0 bridgehead atoms. The molecule has 3 rings (SSSR count). The Morgan fingerprint density at radius 1 is 1.38 bits per heavy atom. The van der Waals surface area contributed by atoms with Crippen molar-refractivity contribution in [2.45, 2.75) is 32.9 Å². The molecule has 0 aliphatic rings. The molecule has 1 amide bonds. The lowest BCUT2D eigenvalue weighted by Crippen LogP contribution is -2.34. The highest BCUT2D eigenvalue weighted by molar-refractivity contribution is 7.13. The van der Waals surface area contributed by atoms with Crippen molar-refractivity contribution in [2.24, 2.45) is 0 Å². The molecule has 0 radical (unpaired) electrons. The van der Waals surface area contributed by atoms with Crippen LogP contribution in [0.4, 0.5) is 0 Å². The molecule has 126 valence electrons. The van der Waals surface area contributed by atoms with Crippen LogP contribution in [0.1, 0.15) is 20.8 Å². The van der Waals surface area contributed by atoms with Gasteiger partial charge in [-0.15, -0.1) is 11.3 Å². The van der Waals surface area contributed by atoms with Gasteiger partial charge in [0.25, 0.3) is 5.56 Å². The van der Waals surface area contributed by atoms with Crippen LogP contribution in [0.2, 0.25) is 0 Å². The summed E-state index contributed by atoms with van der Waals surface area (Å²) >= 11 is 1.53. The topological polar surface area (TPSA) is 81.8 Å². The van der Waals surface area contributed by atoms with E-state index in [0.29, 0.717) is 16.6 Å². The van der Waals surface area contributed by atoms with E-state index >= 15 is 0 Å². The lowest BCUT2D eigenvalue weighted by Gasteiger charge is -2.20. The van der Waals surface area contributed by atoms with Crippen LogP contribution in [0.15, 0.2) is 28.5 Å². The lowest BCUT2D eigenvalue weighted by molar-refractivity contribution is -0.121. The summed E-state index contributed by atoms with van der Waals surface area (Å²) in [5.74, 6) is -0.275. The van der Waals surface area contributed by atoms with Crippen LogP contribution in [-0.2, 0) is 16.9 Å². The smallest absolute Gasteiger partial charge is 0.293 e. The SMILES string of the molecule is CNC(=O)Cn1nc(-c2cccs2)c2cnn(C(C)(C)C)c2c1=O. The number of amides is 1. The minimum atomic E-state index is -0.361. The molecule has 0 fully saturated rings. The average Bonchev–Trinajstić information content (AvgIpc) is 3.18. The predicted molar refractivity (Wildman–Crippen MR) is 94.2 cm³/mol. The van der Waals surface area contributed by atoms with E-state index < -0.39 is 0 Å². The van der Waals surface area contributed by atoms with Gasteiger partial charge in [-0.1, -0.05) is 6.07 Å². The maximum Gasteiger partial charge on any atom is 0.293 e. The van der Waals surface area contributed by atoms with Gasteiger partial charge in [0.1, 0.15) is 17.8 Å². The Bertz CT molecular complexity index is 947. The molecule has 0 aromatic carbocycles. The molecule has 3 aromatic heterocycles. The fourth-order valence-electron chi connectivity index (χ4n) is 2.50. The van der Waals surface area contributed by atoms with Crippen LogP contribution in [0.5, 0.6) is 0 Å². The number of carbonyl (C=O) groups is 1. The van der Waals surface area contributed by atoms with Crippen molar-refractivity contribution < 1.29 is 4.79 Å². The van der Waals surface area contributed by atoms with E-state index in [2.05, 4.69) is 15.5 Å². The van der Waals surface area contributed by atoms with Crippen LogP contribution in [-0.4, -0.2) is 32.5 Å². The third kappa shape index (κ3) is 2.73. The molecule has 24 heavy (non-hydrogen) atoms. The Kier molecular flexibility index (Phi) is 4.00. The van der Waals surface area contributed by atoms with Crippen LogP contribution >= 0.6 is 11.3 Å². The number of thiophene rings is 1. The highest BCUT2D eigenvalue weighted by atomic mass is 32.1. The standard InChI is InChI=1S/C16H19N5O2S/c1-16(2,3)21-14-10(8-18-21)13(11-6-5-7-24-11)19-20(15(14)23)9-12(22)17-4/h5-8H,9H2,1-4H3,(H,17,22).